The summed E-state index contributed by atoms with van der Waals surface area (Å²) < 4.78 is 0. The summed E-state index contributed by atoms with van der Waals surface area (Å²) in [5.41, 5.74) is 10.5. The van der Waals surface area contributed by atoms with Gasteiger partial charge in [-0.2, -0.15) is 0 Å². The predicted molar refractivity (Wildman–Crippen MR) is 73.5 cm³/mol. The van der Waals surface area contributed by atoms with Crippen molar-refractivity contribution in [2.24, 2.45) is 10.7 Å². The van der Waals surface area contributed by atoms with Crippen LogP contribution in [0.1, 0.15) is 21.6 Å². The van der Waals surface area contributed by atoms with Crippen molar-refractivity contribution in [2.45, 2.75) is 12.3 Å². The molecule has 0 radical (unpaired) electrons. The molecule has 3 rings (SSSR count). The zero-order valence-electron chi connectivity index (χ0n) is 9.11. The van der Waals surface area contributed by atoms with Crippen LogP contribution < -0.4 is 5.73 Å². The van der Waals surface area contributed by atoms with Crippen molar-refractivity contribution in [1.82, 2.24) is 0 Å². The first kappa shape index (κ1) is 10.8. The van der Waals surface area contributed by atoms with Gasteiger partial charge in [-0.15, -0.1) is 22.9 Å². The first-order valence-corrected chi connectivity index (χ1v) is 6.78. The minimum atomic E-state index is 0.504. The van der Waals surface area contributed by atoms with Crippen LogP contribution in [0.25, 0.3) is 0 Å². The van der Waals surface area contributed by atoms with E-state index < -0.39 is 0 Å². The number of fused-ring (bicyclic) bond motifs is 2. The van der Waals surface area contributed by atoms with Crippen LogP contribution in [0.5, 0.6) is 0 Å². The molecule has 0 unspecified atom stereocenters. The fraction of sp³-hybridized carbons (Fsp3) is 0.154. The normalized spacial score (nSPS) is 13.6. The van der Waals surface area contributed by atoms with Crippen LogP contribution in [0, 0.1) is 0 Å². The molecule has 0 fully saturated rings. The zero-order chi connectivity index (χ0) is 11.8. The van der Waals surface area contributed by atoms with E-state index in [2.05, 4.69) is 28.6 Å². The molecule has 2 nitrogen and oxygen atoms in total. The lowest BCUT2D eigenvalue weighted by atomic mass is 10.0. The highest BCUT2D eigenvalue weighted by atomic mass is 35.5. The van der Waals surface area contributed by atoms with E-state index in [-0.39, 0.29) is 0 Å². The van der Waals surface area contributed by atoms with E-state index in [9.17, 15) is 0 Å². The van der Waals surface area contributed by atoms with E-state index >= 15 is 0 Å². The number of nitrogens with zero attached hydrogens (tertiary/aromatic N) is 1. The molecule has 4 heteroatoms. The Kier molecular flexibility index (Phi) is 2.65. The molecule has 2 heterocycles. The highest BCUT2D eigenvalue weighted by Gasteiger charge is 2.15. The minimum Gasteiger partial charge on any atom is -0.382 e. The fourth-order valence-corrected chi connectivity index (χ4v) is 3.02. The van der Waals surface area contributed by atoms with Crippen LogP contribution in [-0.4, -0.2) is 5.84 Å². The van der Waals surface area contributed by atoms with Crippen molar-refractivity contribution in [3.63, 3.8) is 0 Å². The van der Waals surface area contributed by atoms with Gasteiger partial charge in [-0.3, -0.25) is 0 Å². The summed E-state index contributed by atoms with van der Waals surface area (Å²) in [7, 11) is 0. The van der Waals surface area contributed by atoms with Gasteiger partial charge in [0.1, 0.15) is 5.84 Å². The third kappa shape index (κ3) is 1.85. The second kappa shape index (κ2) is 4.17. The Morgan fingerprint density at radius 3 is 3.00 bits per heavy atom. The number of hydrogen-bond acceptors (Lipinski definition) is 3. The highest BCUT2D eigenvalue weighted by molar-refractivity contribution is 7.12. The highest BCUT2D eigenvalue weighted by Crippen LogP contribution is 2.31. The van der Waals surface area contributed by atoms with Crippen molar-refractivity contribution in [2.75, 3.05) is 0 Å². The van der Waals surface area contributed by atoms with Gasteiger partial charge in [-0.05, 0) is 34.2 Å². The van der Waals surface area contributed by atoms with Crippen molar-refractivity contribution in [1.29, 1.82) is 0 Å². The van der Waals surface area contributed by atoms with Gasteiger partial charge in [0, 0.05) is 12.3 Å². The molecule has 0 amide bonds. The Bertz CT molecular complexity index is 601. The molecule has 1 aliphatic heterocycles. The number of rotatable bonds is 1. The standard InChI is InChI=1S/C13H11ClN2S/c14-7-8-1-2-9-6-10-3-4-17-12(10)13(15)16-11(9)5-8/h1-5H,6-7H2,(H2,15,16). The lowest BCUT2D eigenvalue weighted by Gasteiger charge is -2.04. The number of hydrogen-bond donors (Lipinski definition) is 1. The van der Waals surface area contributed by atoms with Gasteiger partial charge in [0.2, 0.25) is 0 Å². The van der Waals surface area contributed by atoms with Crippen LogP contribution in [0.4, 0.5) is 5.69 Å². The molecule has 1 aromatic heterocycles. The maximum absolute atomic E-state index is 6.02. The summed E-state index contributed by atoms with van der Waals surface area (Å²) in [6.45, 7) is 0. The number of halogens is 1. The van der Waals surface area contributed by atoms with Gasteiger partial charge in [0.25, 0.3) is 0 Å². The Hall–Kier alpha value is -1.32. The smallest absolute Gasteiger partial charge is 0.141 e. The molecule has 2 aromatic rings. The number of alkyl halides is 1. The molecule has 0 aliphatic carbocycles. The molecule has 0 saturated heterocycles. The number of benzene rings is 1. The summed E-state index contributed by atoms with van der Waals surface area (Å²) in [5, 5.41) is 2.06. The zero-order valence-corrected chi connectivity index (χ0v) is 10.7. The minimum absolute atomic E-state index is 0.504. The lowest BCUT2D eigenvalue weighted by molar-refractivity contribution is 1.20. The molecule has 1 aliphatic rings. The molecule has 17 heavy (non-hydrogen) atoms. The largest absolute Gasteiger partial charge is 0.382 e. The maximum atomic E-state index is 6.02. The first-order valence-electron chi connectivity index (χ1n) is 5.36. The van der Waals surface area contributed by atoms with Gasteiger partial charge in [0.05, 0.1) is 10.6 Å². The fourth-order valence-electron chi connectivity index (χ4n) is 2.03. The van der Waals surface area contributed by atoms with Crippen molar-refractivity contribution in [3.8, 4) is 0 Å². The van der Waals surface area contributed by atoms with Crippen LogP contribution in [0.3, 0.4) is 0 Å². The van der Waals surface area contributed by atoms with E-state index in [1.807, 2.05) is 6.07 Å². The number of amidine groups is 1. The van der Waals surface area contributed by atoms with Crippen LogP contribution >= 0.6 is 22.9 Å². The molecular weight excluding hydrogens is 252 g/mol. The number of nitrogens with two attached hydrogens (primary N) is 1. The van der Waals surface area contributed by atoms with Gasteiger partial charge >= 0.3 is 0 Å². The van der Waals surface area contributed by atoms with Crippen LogP contribution in [-0.2, 0) is 12.3 Å². The average Bonchev–Trinajstić information content (AvgIpc) is 2.75. The summed E-state index contributed by atoms with van der Waals surface area (Å²) >= 11 is 7.48. The van der Waals surface area contributed by atoms with Gasteiger partial charge in [-0.25, -0.2) is 4.99 Å². The third-order valence-electron chi connectivity index (χ3n) is 2.91. The summed E-state index contributed by atoms with van der Waals surface area (Å²) in [5.74, 6) is 1.12. The summed E-state index contributed by atoms with van der Waals surface area (Å²) in [4.78, 5) is 5.60. The van der Waals surface area contributed by atoms with E-state index in [4.69, 9.17) is 17.3 Å². The van der Waals surface area contributed by atoms with Gasteiger partial charge in [0.15, 0.2) is 0 Å². The van der Waals surface area contributed by atoms with Crippen LogP contribution in [0.2, 0.25) is 0 Å². The number of aliphatic imine (C=N–C) groups is 1. The van der Waals surface area contributed by atoms with Crippen molar-refractivity contribution in [3.05, 3.63) is 51.2 Å². The van der Waals surface area contributed by atoms with Crippen molar-refractivity contribution >= 4 is 34.5 Å². The summed E-state index contributed by atoms with van der Waals surface area (Å²) in [6.07, 6.45) is 0.890. The van der Waals surface area contributed by atoms with E-state index in [1.165, 1.54) is 11.1 Å². The molecule has 1 aromatic carbocycles. The van der Waals surface area contributed by atoms with E-state index in [0.29, 0.717) is 11.7 Å². The maximum Gasteiger partial charge on any atom is 0.141 e. The van der Waals surface area contributed by atoms with E-state index in [0.717, 1.165) is 22.5 Å². The second-order valence-corrected chi connectivity index (χ2v) is 5.23. The Balaban J connectivity index is 2.17. The molecule has 0 spiro atoms. The topological polar surface area (TPSA) is 38.4 Å². The van der Waals surface area contributed by atoms with Crippen LogP contribution in [0.15, 0.2) is 34.6 Å². The second-order valence-electron chi connectivity index (χ2n) is 4.05. The average molecular weight is 263 g/mol. The molecule has 2 N–H and O–H groups in total. The Morgan fingerprint density at radius 1 is 1.29 bits per heavy atom. The van der Waals surface area contributed by atoms with Crippen molar-refractivity contribution < 1.29 is 0 Å². The molecule has 0 atom stereocenters. The third-order valence-corrected chi connectivity index (χ3v) is 4.19. The first-order chi connectivity index (χ1) is 8.28. The monoisotopic (exact) mass is 262 g/mol. The molecule has 0 saturated carbocycles. The molecular formula is C13H11ClN2S. The molecule has 0 bridgehead atoms. The van der Waals surface area contributed by atoms with Gasteiger partial charge in [-0.1, -0.05) is 12.1 Å². The summed E-state index contributed by atoms with van der Waals surface area (Å²) in [6, 6.07) is 8.28. The lowest BCUT2D eigenvalue weighted by Crippen LogP contribution is -2.11. The Morgan fingerprint density at radius 2 is 2.18 bits per heavy atom. The Labute approximate surface area is 109 Å². The molecule has 86 valence electrons. The van der Waals surface area contributed by atoms with E-state index in [1.54, 1.807) is 11.3 Å². The number of thiophene rings is 1. The predicted octanol–water partition coefficient (Wildman–Crippen LogP) is 3.43. The quantitative estimate of drug-likeness (QED) is 0.786. The van der Waals surface area contributed by atoms with Gasteiger partial charge < -0.3 is 5.73 Å². The SMILES string of the molecule is NC1=Nc2cc(CCl)ccc2Cc2ccsc21.